The minimum Gasteiger partial charge on any atom is -0.316 e. The van der Waals surface area contributed by atoms with Gasteiger partial charge in [-0.2, -0.15) is 0 Å². The first kappa shape index (κ1) is 13.7. The lowest BCUT2D eigenvalue weighted by atomic mass is 9.78. The maximum atomic E-state index is 14.1. The number of hydrogen-bond acceptors (Lipinski definition) is 2. The van der Waals surface area contributed by atoms with E-state index in [0.717, 1.165) is 29.5 Å². The maximum absolute atomic E-state index is 14.1. The van der Waals surface area contributed by atoms with Gasteiger partial charge in [-0.3, -0.25) is 4.98 Å². The average molecular weight is 335 g/mol. The lowest BCUT2D eigenvalue weighted by molar-refractivity contribution is 0.393. The van der Waals surface area contributed by atoms with Gasteiger partial charge in [0.2, 0.25) is 0 Å². The second kappa shape index (κ2) is 6.02. The highest BCUT2D eigenvalue weighted by molar-refractivity contribution is 9.10. The number of benzene rings is 1. The van der Waals surface area contributed by atoms with Gasteiger partial charge in [-0.05, 0) is 58.1 Å². The molecule has 0 amide bonds. The van der Waals surface area contributed by atoms with Crippen molar-refractivity contribution in [2.24, 2.45) is 0 Å². The summed E-state index contributed by atoms with van der Waals surface area (Å²) in [5, 5.41) is 3.38. The zero-order chi connectivity index (χ0) is 13.9. The number of rotatable bonds is 2. The molecule has 0 saturated carbocycles. The van der Waals surface area contributed by atoms with Gasteiger partial charge in [-0.25, -0.2) is 4.39 Å². The first-order chi connectivity index (χ1) is 9.75. The molecule has 1 aliphatic heterocycles. The van der Waals surface area contributed by atoms with Crippen LogP contribution in [-0.4, -0.2) is 18.1 Å². The van der Waals surface area contributed by atoms with E-state index in [4.69, 9.17) is 0 Å². The molecule has 3 rings (SSSR count). The lowest BCUT2D eigenvalue weighted by Gasteiger charge is -2.33. The van der Waals surface area contributed by atoms with Crippen LogP contribution in [0.4, 0.5) is 4.39 Å². The third-order valence-corrected chi connectivity index (χ3v) is 4.37. The van der Waals surface area contributed by atoms with Crippen molar-refractivity contribution in [1.29, 1.82) is 0 Å². The molecular formula is C16H16BrFN2. The van der Waals surface area contributed by atoms with Crippen molar-refractivity contribution in [3.05, 3.63) is 64.1 Å². The molecule has 0 radical (unpaired) electrons. The second-order valence-corrected chi connectivity index (χ2v) is 6.08. The Morgan fingerprint density at radius 1 is 1.20 bits per heavy atom. The Morgan fingerprint density at radius 2 is 2.05 bits per heavy atom. The van der Waals surface area contributed by atoms with Crippen molar-refractivity contribution in [3.63, 3.8) is 0 Å². The Hall–Kier alpha value is -1.26. The van der Waals surface area contributed by atoms with Crippen LogP contribution in [0.25, 0.3) is 0 Å². The number of pyridine rings is 1. The Balaban J connectivity index is 1.98. The summed E-state index contributed by atoms with van der Waals surface area (Å²) in [6.45, 7) is 1.76. The number of aromatic nitrogens is 1. The molecule has 2 nitrogen and oxygen atoms in total. The van der Waals surface area contributed by atoms with E-state index < -0.39 is 0 Å². The zero-order valence-corrected chi connectivity index (χ0v) is 12.6. The first-order valence-corrected chi connectivity index (χ1v) is 7.60. The van der Waals surface area contributed by atoms with Gasteiger partial charge in [0.1, 0.15) is 5.82 Å². The molecule has 2 heterocycles. The summed E-state index contributed by atoms with van der Waals surface area (Å²) in [5.74, 6) is 0.341. The van der Waals surface area contributed by atoms with Gasteiger partial charge >= 0.3 is 0 Å². The van der Waals surface area contributed by atoms with Gasteiger partial charge < -0.3 is 5.32 Å². The summed E-state index contributed by atoms with van der Waals surface area (Å²) in [6.07, 6.45) is 4.68. The molecule has 1 fully saturated rings. The van der Waals surface area contributed by atoms with Gasteiger partial charge in [-0.1, -0.05) is 18.2 Å². The van der Waals surface area contributed by atoms with Crippen LogP contribution in [0.2, 0.25) is 0 Å². The van der Waals surface area contributed by atoms with Gasteiger partial charge in [0.25, 0.3) is 0 Å². The Bertz CT molecular complexity index is 603. The van der Waals surface area contributed by atoms with E-state index in [9.17, 15) is 4.39 Å². The molecule has 4 heteroatoms. The van der Waals surface area contributed by atoms with Crippen molar-refractivity contribution in [2.45, 2.75) is 18.3 Å². The van der Waals surface area contributed by atoms with E-state index in [2.05, 4.69) is 32.3 Å². The smallest absolute Gasteiger partial charge is 0.126 e. The number of nitrogens with one attached hydrogen (secondary N) is 1. The lowest BCUT2D eigenvalue weighted by Crippen LogP contribution is -2.34. The van der Waals surface area contributed by atoms with Crippen LogP contribution in [0.5, 0.6) is 0 Å². The molecule has 20 heavy (non-hydrogen) atoms. The van der Waals surface area contributed by atoms with Crippen molar-refractivity contribution < 1.29 is 4.39 Å². The fraction of sp³-hybridized carbons (Fsp3) is 0.312. The molecule has 2 unspecified atom stereocenters. The normalized spacial score (nSPS) is 22.7. The van der Waals surface area contributed by atoms with Crippen molar-refractivity contribution in [3.8, 4) is 0 Å². The topological polar surface area (TPSA) is 24.9 Å². The molecule has 0 aliphatic carbocycles. The molecule has 1 aliphatic rings. The third kappa shape index (κ3) is 2.76. The molecule has 1 aromatic heterocycles. The Labute approximate surface area is 126 Å². The number of nitrogens with zero attached hydrogens (tertiary/aromatic N) is 1. The molecular weight excluding hydrogens is 319 g/mol. The van der Waals surface area contributed by atoms with Gasteiger partial charge in [0.05, 0.1) is 0 Å². The predicted molar refractivity (Wildman–Crippen MR) is 81.3 cm³/mol. The van der Waals surface area contributed by atoms with Crippen LogP contribution >= 0.6 is 15.9 Å². The highest BCUT2D eigenvalue weighted by atomic mass is 79.9. The van der Waals surface area contributed by atoms with Crippen LogP contribution in [0, 0.1) is 5.82 Å². The van der Waals surface area contributed by atoms with E-state index in [1.54, 1.807) is 18.3 Å². The van der Waals surface area contributed by atoms with Gasteiger partial charge in [0, 0.05) is 29.3 Å². The summed E-state index contributed by atoms with van der Waals surface area (Å²) < 4.78 is 15.1. The van der Waals surface area contributed by atoms with Crippen LogP contribution in [0.3, 0.4) is 0 Å². The Kier molecular flexibility index (Phi) is 4.13. The van der Waals surface area contributed by atoms with E-state index >= 15 is 0 Å². The minimum atomic E-state index is -0.117. The summed E-state index contributed by atoms with van der Waals surface area (Å²) in [6, 6.07) is 9.18. The SMILES string of the molecule is Fc1ccccc1C1CNCCC1c1cncc(Br)c1. The van der Waals surface area contributed by atoms with Crippen molar-refractivity contribution >= 4 is 15.9 Å². The van der Waals surface area contributed by atoms with E-state index in [-0.39, 0.29) is 11.7 Å². The zero-order valence-electron chi connectivity index (χ0n) is 11.0. The third-order valence-electron chi connectivity index (χ3n) is 3.94. The fourth-order valence-electron chi connectivity index (χ4n) is 2.99. The summed E-state index contributed by atoms with van der Waals surface area (Å²) in [5.41, 5.74) is 1.97. The second-order valence-electron chi connectivity index (χ2n) is 5.16. The van der Waals surface area contributed by atoms with Gasteiger partial charge in [-0.15, -0.1) is 0 Å². The van der Waals surface area contributed by atoms with Crippen LogP contribution in [-0.2, 0) is 0 Å². The summed E-state index contributed by atoms with van der Waals surface area (Å²) in [7, 11) is 0. The predicted octanol–water partition coefficient (Wildman–Crippen LogP) is 3.84. The molecule has 2 atom stereocenters. The highest BCUT2D eigenvalue weighted by Gasteiger charge is 2.29. The number of piperidine rings is 1. The van der Waals surface area contributed by atoms with E-state index in [0.29, 0.717) is 5.92 Å². The van der Waals surface area contributed by atoms with Crippen molar-refractivity contribution in [2.75, 3.05) is 13.1 Å². The molecule has 1 aromatic carbocycles. The monoisotopic (exact) mass is 334 g/mol. The quantitative estimate of drug-likeness (QED) is 0.902. The standard InChI is InChI=1S/C16H16BrFN2/c17-12-7-11(8-20-9-12)13-5-6-19-10-15(13)14-3-1-2-4-16(14)18/h1-4,7-9,13,15,19H,5-6,10H2. The summed E-state index contributed by atoms with van der Waals surface area (Å²) in [4.78, 5) is 4.25. The average Bonchev–Trinajstić information content (AvgIpc) is 2.48. The fourth-order valence-corrected chi connectivity index (χ4v) is 3.37. The molecule has 0 bridgehead atoms. The van der Waals surface area contributed by atoms with Gasteiger partial charge in [0.15, 0.2) is 0 Å². The van der Waals surface area contributed by atoms with Crippen LogP contribution < -0.4 is 5.32 Å². The number of halogens is 2. The first-order valence-electron chi connectivity index (χ1n) is 6.81. The minimum absolute atomic E-state index is 0.117. The molecule has 0 spiro atoms. The van der Waals surface area contributed by atoms with Crippen molar-refractivity contribution in [1.82, 2.24) is 10.3 Å². The molecule has 1 N–H and O–H groups in total. The highest BCUT2D eigenvalue weighted by Crippen LogP contribution is 2.38. The largest absolute Gasteiger partial charge is 0.316 e. The summed E-state index contributed by atoms with van der Waals surface area (Å²) >= 11 is 3.47. The number of hydrogen-bond donors (Lipinski definition) is 1. The van der Waals surface area contributed by atoms with Crippen LogP contribution in [0.1, 0.15) is 29.4 Å². The maximum Gasteiger partial charge on any atom is 0.126 e. The van der Waals surface area contributed by atoms with E-state index in [1.165, 1.54) is 5.56 Å². The molecule has 1 saturated heterocycles. The Morgan fingerprint density at radius 3 is 2.85 bits per heavy atom. The van der Waals surface area contributed by atoms with E-state index in [1.807, 2.05) is 18.3 Å². The molecule has 2 aromatic rings. The van der Waals surface area contributed by atoms with Crippen LogP contribution in [0.15, 0.2) is 47.2 Å². The molecule has 104 valence electrons.